The summed E-state index contributed by atoms with van der Waals surface area (Å²) in [7, 11) is 0. The van der Waals surface area contributed by atoms with Crippen molar-refractivity contribution in [3.8, 4) is 0 Å². The van der Waals surface area contributed by atoms with Gasteiger partial charge in [0.25, 0.3) is 5.91 Å². The summed E-state index contributed by atoms with van der Waals surface area (Å²) in [6, 6.07) is 7.12. The van der Waals surface area contributed by atoms with Crippen LogP contribution in [0.15, 0.2) is 24.3 Å². The van der Waals surface area contributed by atoms with Crippen molar-refractivity contribution in [3.63, 3.8) is 0 Å². The van der Waals surface area contributed by atoms with Gasteiger partial charge in [0.2, 0.25) is 5.91 Å². The first kappa shape index (κ1) is 24.4. The number of benzene rings is 1. The van der Waals surface area contributed by atoms with E-state index in [9.17, 15) is 9.59 Å². The van der Waals surface area contributed by atoms with Gasteiger partial charge < -0.3 is 15.4 Å². The van der Waals surface area contributed by atoms with E-state index < -0.39 is 6.04 Å². The summed E-state index contributed by atoms with van der Waals surface area (Å²) in [4.78, 5) is 28.1. The molecule has 1 saturated heterocycles. The van der Waals surface area contributed by atoms with E-state index in [-0.39, 0.29) is 23.8 Å². The van der Waals surface area contributed by atoms with Crippen molar-refractivity contribution in [3.05, 3.63) is 35.4 Å². The minimum Gasteiger partial charge on any atom is -0.379 e. The molecule has 0 aromatic heterocycles. The van der Waals surface area contributed by atoms with E-state index in [1.54, 1.807) is 12.1 Å². The van der Waals surface area contributed by atoms with Gasteiger partial charge in [0.05, 0.1) is 13.2 Å². The Labute approximate surface area is 181 Å². The zero-order valence-electron chi connectivity index (χ0n) is 19.2. The number of carbonyl (C=O) groups is 2. The van der Waals surface area contributed by atoms with Gasteiger partial charge in [-0.25, -0.2) is 0 Å². The molecule has 1 aromatic rings. The number of rotatable bonds is 10. The maximum Gasteiger partial charge on any atom is 0.251 e. The SMILES string of the molecule is CCC(CC)C(CNC(=O)C(NC(=O)c1ccc(C)cc1)C(C)C)N1CCOCC1. The van der Waals surface area contributed by atoms with Crippen molar-refractivity contribution < 1.29 is 14.3 Å². The molecule has 168 valence electrons. The van der Waals surface area contributed by atoms with Crippen molar-refractivity contribution >= 4 is 11.8 Å². The summed E-state index contributed by atoms with van der Waals surface area (Å²) in [5, 5.41) is 6.07. The first-order valence-electron chi connectivity index (χ1n) is 11.3. The number of carbonyl (C=O) groups excluding carboxylic acids is 2. The molecule has 6 heteroatoms. The predicted octanol–water partition coefficient (Wildman–Crippen LogP) is 3.00. The molecule has 1 heterocycles. The number of amides is 2. The Balaban J connectivity index is 2.02. The third-order valence-corrected chi connectivity index (χ3v) is 6.14. The molecule has 0 bridgehead atoms. The van der Waals surface area contributed by atoms with E-state index in [1.165, 1.54) is 0 Å². The molecule has 1 aliphatic rings. The van der Waals surface area contributed by atoms with Crippen LogP contribution < -0.4 is 10.6 Å². The lowest BCUT2D eigenvalue weighted by molar-refractivity contribution is -0.124. The van der Waals surface area contributed by atoms with E-state index in [0.29, 0.717) is 18.0 Å². The Morgan fingerprint density at radius 3 is 2.20 bits per heavy atom. The van der Waals surface area contributed by atoms with Crippen molar-refractivity contribution in [2.45, 2.75) is 59.5 Å². The fraction of sp³-hybridized carbons (Fsp3) is 0.667. The van der Waals surface area contributed by atoms with Gasteiger partial charge in [-0.15, -0.1) is 0 Å². The van der Waals surface area contributed by atoms with Crippen molar-refractivity contribution in [1.82, 2.24) is 15.5 Å². The van der Waals surface area contributed by atoms with Gasteiger partial charge in [0.15, 0.2) is 0 Å². The third-order valence-electron chi connectivity index (χ3n) is 6.14. The summed E-state index contributed by atoms with van der Waals surface area (Å²) >= 11 is 0. The lowest BCUT2D eigenvalue weighted by Gasteiger charge is -2.39. The number of nitrogens with one attached hydrogen (secondary N) is 2. The van der Waals surface area contributed by atoms with Crippen LogP contribution in [-0.4, -0.2) is 61.6 Å². The second-order valence-corrected chi connectivity index (χ2v) is 8.60. The molecule has 6 nitrogen and oxygen atoms in total. The van der Waals surface area contributed by atoms with Gasteiger partial charge in [-0.2, -0.15) is 0 Å². The van der Waals surface area contributed by atoms with Crippen molar-refractivity contribution in [2.24, 2.45) is 11.8 Å². The van der Waals surface area contributed by atoms with Crippen LogP contribution in [0.3, 0.4) is 0 Å². The highest BCUT2D eigenvalue weighted by atomic mass is 16.5. The van der Waals surface area contributed by atoms with E-state index >= 15 is 0 Å². The number of ether oxygens (including phenoxy) is 1. The zero-order chi connectivity index (χ0) is 22.1. The highest BCUT2D eigenvalue weighted by Gasteiger charge is 2.30. The average Bonchev–Trinajstić information content (AvgIpc) is 2.75. The van der Waals surface area contributed by atoms with Gasteiger partial charge in [-0.1, -0.05) is 58.2 Å². The Morgan fingerprint density at radius 1 is 1.07 bits per heavy atom. The first-order chi connectivity index (χ1) is 14.4. The topological polar surface area (TPSA) is 70.7 Å². The molecule has 1 aliphatic heterocycles. The lowest BCUT2D eigenvalue weighted by atomic mass is 9.92. The monoisotopic (exact) mass is 417 g/mol. The third kappa shape index (κ3) is 6.81. The minimum absolute atomic E-state index is 0.00520. The maximum atomic E-state index is 13.0. The maximum absolute atomic E-state index is 13.0. The predicted molar refractivity (Wildman–Crippen MR) is 121 cm³/mol. The number of aryl methyl sites for hydroxylation is 1. The van der Waals surface area contributed by atoms with Crippen molar-refractivity contribution in [1.29, 1.82) is 0 Å². The van der Waals surface area contributed by atoms with Crippen molar-refractivity contribution in [2.75, 3.05) is 32.8 Å². The second kappa shape index (κ2) is 12.1. The quantitative estimate of drug-likeness (QED) is 0.614. The van der Waals surface area contributed by atoms with Gasteiger partial charge >= 0.3 is 0 Å². The fourth-order valence-corrected chi connectivity index (χ4v) is 4.12. The Morgan fingerprint density at radius 2 is 1.67 bits per heavy atom. The van der Waals surface area contributed by atoms with Crippen LogP contribution in [0.2, 0.25) is 0 Å². The Bertz CT molecular complexity index is 665. The van der Waals surface area contributed by atoms with E-state index in [1.807, 2.05) is 32.9 Å². The largest absolute Gasteiger partial charge is 0.379 e. The minimum atomic E-state index is -0.564. The summed E-state index contributed by atoms with van der Waals surface area (Å²) in [6.07, 6.45) is 2.15. The Kier molecular flexibility index (Phi) is 9.79. The van der Waals surface area contributed by atoms with Crippen LogP contribution in [-0.2, 0) is 9.53 Å². The van der Waals surface area contributed by atoms with Gasteiger partial charge in [-0.05, 0) is 30.9 Å². The van der Waals surface area contributed by atoms with Crippen LogP contribution in [0.5, 0.6) is 0 Å². The average molecular weight is 418 g/mol. The Hall–Kier alpha value is -1.92. The second-order valence-electron chi connectivity index (χ2n) is 8.60. The lowest BCUT2D eigenvalue weighted by Crippen LogP contribution is -2.55. The zero-order valence-corrected chi connectivity index (χ0v) is 19.2. The van der Waals surface area contributed by atoms with Gasteiger partial charge in [0.1, 0.15) is 6.04 Å². The molecule has 0 spiro atoms. The van der Waals surface area contributed by atoms with Crippen LogP contribution in [0, 0.1) is 18.8 Å². The van der Waals surface area contributed by atoms with E-state index in [0.717, 1.165) is 44.7 Å². The molecule has 1 aromatic carbocycles. The molecular weight excluding hydrogens is 378 g/mol. The molecule has 0 saturated carbocycles. The van der Waals surface area contributed by atoms with Gasteiger partial charge in [-0.3, -0.25) is 14.5 Å². The number of morpholine rings is 1. The van der Waals surface area contributed by atoms with Gasteiger partial charge in [0, 0.05) is 31.2 Å². The number of hydrogen-bond donors (Lipinski definition) is 2. The first-order valence-corrected chi connectivity index (χ1v) is 11.3. The smallest absolute Gasteiger partial charge is 0.251 e. The van der Waals surface area contributed by atoms with E-state index in [2.05, 4.69) is 29.4 Å². The molecule has 30 heavy (non-hydrogen) atoms. The van der Waals surface area contributed by atoms with Crippen LogP contribution in [0.25, 0.3) is 0 Å². The normalized spacial score (nSPS) is 17.0. The highest BCUT2D eigenvalue weighted by Crippen LogP contribution is 2.20. The van der Waals surface area contributed by atoms with Crippen LogP contribution >= 0.6 is 0 Å². The molecule has 0 radical (unpaired) electrons. The van der Waals surface area contributed by atoms with E-state index in [4.69, 9.17) is 4.74 Å². The molecule has 2 unspecified atom stereocenters. The number of hydrogen-bond acceptors (Lipinski definition) is 4. The summed E-state index contributed by atoms with van der Waals surface area (Å²) in [6.45, 7) is 14.2. The highest BCUT2D eigenvalue weighted by molar-refractivity contribution is 5.97. The summed E-state index contributed by atoms with van der Waals surface area (Å²) in [5.41, 5.74) is 1.67. The molecule has 0 aliphatic carbocycles. The molecular formula is C24H39N3O3. The summed E-state index contributed by atoms with van der Waals surface area (Å²) < 4.78 is 5.51. The molecule has 2 atom stereocenters. The van der Waals surface area contributed by atoms with Crippen LogP contribution in [0.4, 0.5) is 0 Å². The van der Waals surface area contributed by atoms with Crippen LogP contribution in [0.1, 0.15) is 56.5 Å². The molecule has 2 N–H and O–H groups in total. The molecule has 2 rings (SSSR count). The molecule has 2 amide bonds. The number of nitrogens with zero attached hydrogens (tertiary/aromatic N) is 1. The fourth-order valence-electron chi connectivity index (χ4n) is 4.12. The standard InChI is InChI=1S/C24H39N3O3/c1-6-19(7-2)21(27-12-14-30-15-13-27)16-25-24(29)22(17(3)4)26-23(28)20-10-8-18(5)9-11-20/h8-11,17,19,21-22H,6-7,12-16H2,1-5H3,(H,25,29)(H,26,28). The molecule has 1 fully saturated rings. The summed E-state index contributed by atoms with van der Waals surface area (Å²) in [5.74, 6) is 0.181.